The van der Waals surface area contributed by atoms with E-state index in [1.165, 1.54) is 18.2 Å². The second-order valence-electron chi connectivity index (χ2n) is 5.58. The Hall–Kier alpha value is -1.62. The molecule has 21 heavy (non-hydrogen) atoms. The Bertz CT molecular complexity index is 562. The molecular formula is C15H19ClN2O3. The zero-order valence-corrected chi connectivity index (χ0v) is 12.9. The summed E-state index contributed by atoms with van der Waals surface area (Å²) in [4.78, 5) is 22.6. The minimum atomic E-state index is -0.579. The zero-order chi connectivity index (χ0) is 15.6. The van der Waals surface area contributed by atoms with Crippen LogP contribution < -0.4 is 5.32 Å². The van der Waals surface area contributed by atoms with E-state index in [0.717, 1.165) is 19.3 Å². The number of carbonyl (C=O) groups is 1. The monoisotopic (exact) mass is 310 g/mol. The number of nitrogens with one attached hydrogen (secondary N) is 1. The summed E-state index contributed by atoms with van der Waals surface area (Å²) in [6.07, 6.45) is 3.15. The van der Waals surface area contributed by atoms with E-state index in [1.54, 1.807) is 0 Å². The molecular weight excluding hydrogens is 292 g/mol. The van der Waals surface area contributed by atoms with Gasteiger partial charge in [0.2, 0.25) is 0 Å². The van der Waals surface area contributed by atoms with Crippen LogP contribution in [0.5, 0.6) is 0 Å². The van der Waals surface area contributed by atoms with Crippen molar-refractivity contribution in [2.45, 2.75) is 39.2 Å². The lowest BCUT2D eigenvalue weighted by atomic mass is 9.93. The summed E-state index contributed by atoms with van der Waals surface area (Å²) in [7, 11) is 0. The van der Waals surface area contributed by atoms with E-state index < -0.39 is 4.92 Å². The average Bonchev–Trinajstić information content (AvgIpc) is 2.79. The SMILES string of the molecule is CCC1CCC(NC(=O)c2cccc([N+](=O)[O-])c2Cl)C1C. The molecule has 1 N–H and O–H groups in total. The highest BCUT2D eigenvalue weighted by atomic mass is 35.5. The van der Waals surface area contributed by atoms with Gasteiger partial charge in [-0.1, -0.05) is 37.9 Å². The molecule has 0 aromatic heterocycles. The molecule has 5 nitrogen and oxygen atoms in total. The van der Waals surface area contributed by atoms with E-state index in [-0.39, 0.29) is 28.2 Å². The molecule has 1 aromatic carbocycles. The summed E-state index contributed by atoms with van der Waals surface area (Å²) < 4.78 is 0. The Morgan fingerprint density at radius 1 is 1.48 bits per heavy atom. The first-order chi connectivity index (χ1) is 9.95. The Morgan fingerprint density at radius 2 is 2.19 bits per heavy atom. The van der Waals surface area contributed by atoms with Crippen molar-refractivity contribution in [1.82, 2.24) is 5.32 Å². The quantitative estimate of drug-likeness (QED) is 0.679. The van der Waals surface area contributed by atoms with Gasteiger partial charge in [0.15, 0.2) is 0 Å². The number of carbonyl (C=O) groups excluding carboxylic acids is 1. The topological polar surface area (TPSA) is 72.2 Å². The molecule has 1 aliphatic carbocycles. The highest BCUT2D eigenvalue weighted by Crippen LogP contribution is 2.34. The fraction of sp³-hybridized carbons (Fsp3) is 0.533. The van der Waals surface area contributed by atoms with Crippen LogP contribution in [0, 0.1) is 22.0 Å². The van der Waals surface area contributed by atoms with Gasteiger partial charge < -0.3 is 5.32 Å². The third kappa shape index (κ3) is 3.18. The molecule has 1 saturated carbocycles. The van der Waals surface area contributed by atoms with Crippen LogP contribution in [-0.4, -0.2) is 16.9 Å². The number of nitro groups is 1. The number of rotatable bonds is 4. The van der Waals surface area contributed by atoms with Gasteiger partial charge in [0.1, 0.15) is 5.02 Å². The summed E-state index contributed by atoms with van der Waals surface area (Å²) >= 11 is 5.97. The van der Waals surface area contributed by atoms with Gasteiger partial charge in [-0.15, -0.1) is 0 Å². The van der Waals surface area contributed by atoms with Gasteiger partial charge in [0, 0.05) is 12.1 Å². The van der Waals surface area contributed by atoms with Crippen LogP contribution in [0.4, 0.5) is 5.69 Å². The molecule has 1 aliphatic rings. The van der Waals surface area contributed by atoms with Gasteiger partial charge in [0.05, 0.1) is 10.5 Å². The summed E-state index contributed by atoms with van der Waals surface area (Å²) in [5.41, 5.74) is -0.0757. The van der Waals surface area contributed by atoms with Gasteiger partial charge in [-0.05, 0) is 30.7 Å². The third-order valence-electron chi connectivity index (χ3n) is 4.49. The molecule has 3 unspecified atom stereocenters. The predicted octanol–water partition coefficient (Wildman–Crippen LogP) is 3.80. The van der Waals surface area contributed by atoms with Crippen molar-refractivity contribution >= 4 is 23.2 Å². The molecule has 6 heteroatoms. The number of nitrogens with zero attached hydrogens (tertiary/aromatic N) is 1. The van der Waals surface area contributed by atoms with Crippen LogP contribution in [-0.2, 0) is 0 Å². The fourth-order valence-electron chi connectivity index (χ4n) is 3.11. The first kappa shape index (κ1) is 15.8. The molecule has 0 aliphatic heterocycles. The maximum absolute atomic E-state index is 12.3. The van der Waals surface area contributed by atoms with Crippen LogP contribution in [0.2, 0.25) is 5.02 Å². The molecule has 1 aromatic rings. The van der Waals surface area contributed by atoms with Gasteiger partial charge in [0.25, 0.3) is 11.6 Å². The molecule has 2 rings (SSSR count). The standard InChI is InChI=1S/C15H19ClN2O3/c1-3-10-7-8-12(9(10)2)17-15(19)11-5-4-6-13(14(11)16)18(20)21/h4-6,9-10,12H,3,7-8H2,1-2H3,(H,17,19). The third-order valence-corrected chi connectivity index (χ3v) is 4.88. The number of hydrogen-bond acceptors (Lipinski definition) is 3. The molecule has 0 radical (unpaired) electrons. The van der Waals surface area contributed by atoms with E-state index in [4.69, 9.17) is 11.6 Å². The van der Waals surface area contributed by atoms with E-state index >= 15 is 0 Å². The smallest absolute Gasteiger partial charge is 0.288 e. The molecule has 114 valence electrons. The maximum atomic E-state index is 12.3. The van der Waals surface area contributed by atoms with Gasteiger partial charge in [-0.25, -0.2) is 0 Å². The van der Waals surface area contributed by atoms with Crippen LogP contribution >= 0.6 is 11.6 Å². The van der Waals surface area contributed by atoms with Gasteiger partial charge >= 0.3 is 0 Å². The Kier molecular flexibility index (Phi) is 4.83. The van der Waals surface area contributed by atoms with Crippen molar-refractivity contribution in [3.8, 4) is 0 Å². The number of hydrogen-bond donors (Lipinski definition) is 1. The lowest BCUT2D eigenvalue weighted by molar-refractivity contribution is -0.384. The molecule has 1 amide bonds. The predicted molar refractivity (Wildman–Crippen MR) is 81.5 cm³/mol. The zero-order valence-electron chi connectivity index (χ0n) is 12.1. The number of halogens is 1. The minimum Gasteiger partial charge on any atom is -0.349 e. The normalized spacial score (nSPS) is 24.8. The average molecular weight is 311 g/mol. The number of amides is 1. The Balaban J connectivity index is 2.15. The largest absolute Gasteiger partial charge is 0.349 e. The highest BCUT2D eigenvalue weighted by molar-refractivity contribution is 6.35. The maximum Gasteiger partial charge on any atom is 0.288 e. The Morgan fingerprint density at radius 3 is 2.76 bits per heavy atom. The minimum absolute atomic E-state index is 0.0994. The highest BCUT2D eigenvalue weighted by Gasteiger charge is 2.33. The second kappa shape index (κ2) is 6.43. The Labute approximate surface area is 128 Å². The van der Waals surface area contributed by atoms with Crippen molar-refractivity contribution in [1.29, 1.82) is 0 Å². The van der Waals surface area contributed by atoms with Crippen molar-refractivity contribution in [3.63, 3.8) is 0 Å². The second-order valence-corrected chi connectivity index (χ2v) is 5.96. The summed E-state index contributed by atoms with van der Waals surface area (Å²) in [6.45, 7) is 4.30. The lowest BCUT2D eigenvalue weighted by Crippen LogP contribution is -2.37. The van der Waals surface area contributed by atoms with Gasteiger partial charge in [-0.2, -0.15) is 0 Å². The van der Waals surface area contributed by atoms with E-state index in [2.05, 4.69) is 19.2 Å². The van der Waals surface area contributed by atoms with E-state index in [0.29, 0.717) is 11.8 Å². The van der Waals surface area contributed by atoms with Crippen molar-refractivity contribution < 1.29 is 9.72 Å². The molecule has 0 bridgehead atoms. The fourth-order valence-corrected chi connectivity index (χ4v) is 3.39. The molecule has 0 saturated heterocycles. The first-order valence-electron chi connectivity index (χ1n) is 7.19. The molecule has 1 fully saturated rings. The number of nitro benzene ring substituents is 1. The van der Waals surface area contributed by atoms with Crippen molar-refractivity contribution in [3.05, 3.63) is 38.9 Å². The van der Waals surface area contributed by atoms with Crippen LogP contribution in [0.25, 0.3) is 0 Å². The molecule has 0 spiro atoms. The summed E-state index contributed by atoms with van der Waals surface area (Å²) in [6, 6.07) is 4.40. The molecule has 0 heterocycles. The van der Waals surface area contributed by atoms with Crippen LogP contribution in [0.15, 0.2) is 18.2 Å². The van der Waals surface area contributed by atoms with E-state index in [9.17, 15) is 14.9 Å². The van der Waals surface area contributed by atoms with Crippen LogP contribution in [0.1, 0.15) is 43.5 Å². The van der Waals surface area contributed by atoms with Crippen molar-refractivity contribution in [2.24, 2.45) is 11.8 Å². The van der Waals surface area contributed by atoms with E-state index in [1.807, 2.05) is 0 Å². The van der Waals surface area contributed by atoms with Crippen LogP contribution in [0.3, 0.4) is 0 Å². The first-order valence-corrected chi connectivity index (χ1v) is 7.57. The molecule has 3 atom stereocenters. The van der Waals surface area contributed by atoms with Crippen molar-refractivity contribution in [2.75, 3.05) is 0 Å². The summed E-state index contributed by atoms with van der Waals surface area (Å²) in [5, 5.41) is 13.7. The van der Waals surface area contributed by atoms with Gasteiger partial charge in [-0.3, -0.25) is 14.9 Å². The number of benzene rings is 1. The lowest BCUT2D eigenvalue weighted by Gasteiger charge is -2.21. The summed E-state index contributed by atoms with van der Waals surface area (Å²) in [5.74, 6) is 0.699.